The Morgan fingerprint density at radius 3 is 2.13 bits per heavy atom. The lowest BCUT2D eigenvalue weighted by Crippen LogP contribution is -2.39. The normalized spacial score (nSPS) is 16.3. The highest BCUT2D eigenvalue weighted by molar-refractivity contribution is 7.89. The predicted octanol–water partition coefficient (Wildman–Crippen LogP) is 3.39. The van der Waals surface area contributed by atoms with Crippen LogP contribution in [0.15, 0.2) is 59.5 Å². The first-order valence-electron chi connectivity index (χ1n) is 10.6. The molecule has 0 spiro atoms. The monoisotopic (exact) mass is 429 g/mol. The van der Waals surface area contributed by atoms with Gasteiger partial charge in [-0.3, -0.25) is 10.1 Å². The molecule has 1 aliphatic rings. The van der Waals surface area contributed by atoms with E-state index in [0.717, 1.165) is 24.0 Å². The molecular formula is C23H31N3O3S. The zero-order valence-corrected chi connectivity index (χ0v) is 18.7. The maximum atomic E-state index is 12.8. The lowest BCUT2D eigenvalue weighted by molar-refractivity contribution is -0.123. The van der Waals surface area contributed by atoms with Crippen molar-refractivity contribution in [3.8, 4) is 0 Å². The highest BCUT2D eigenvalue weighted by Gasteiger charge is 2.29. The molecule has 7 heteroatoms. The number of sulfonamides is 1. The number of nitrogens with zero attached hydrogens (tertiary/aromatic N) is 1. The minimum absolute atomic E-state index is 0.0312. The molecule has 0 unspecified atom stereocenters. The summed E-state index contributed by atoms with van der Waals surface area (Å²) in [5.41, 5.74) is 1.83. The first-order valence-corrected chi connectivity index (χ1v) is 12.0. The zero-order valence-electron chi connectivity index (χ0n) is 17.8. The lowest BCUT2D eigenvalue weighted by Gasteiger charge is -2.24. The van der Waals surface area contributed by atoms with Crippen LogP contribution >= 0.6 is 0 Å². The summed E-state index contributed by atoms with van der Waals surface area (Å²) < 4.78 is 26.8. The van der Waals surface area contributed by atoms with Crippen LogP contribution in [0.4, 0.5) is 0 Å². The van der Waals surface area contributed by atoms with E-state index in [4.69, 9.17) is 0 Å². The summed E-state index contributed by atoms with van der Waals surface area (Å²) in [7, 11) is -3.48. The number of amides is 1. The molecule has 1 aliphatic carbocycles. The third-order valence-electron chi connectivity index (χ3n) is 5.46. The molecule has 0 heterocycles. The molecule has 0 aliphatic heterocycles. The van der Waals surface area contributed by atoms with Crippen LogP contribution in [0.2, 0.25) is 0 Å². The summed E-state index contributed by atoms with van der Waals surface area (Å²) in [6.07, 6.45) is 2.07. The summed E-state index contributed by atoms with van der Waals surface area (Å²) in [5, 5.41) is 6.49. The average molecular weight is 430 g/mol. The molecule has 162 valence electrons. The van der Waals surface area contributed by atoms with E-state index in [0.29, 0.717) is 13.1 Å². The van der Waals surface area contributed by atoms with Crippen LogP contribution in [0.5, 0.6) is 0 Å². The van der Waals surface area contributed by atoms with Crippen LogP contribution in [0.25, 0.3) is 0 Å². The molecule has 0 aromatic heterocycles. The first kappa shape index (κ1) is 22.5. The number of carbonyl (C=O) groups excluding carboxylic acids is 1. The molecule has 2 atom stereocenters. The van der Waals surface area contributed by atoms with Crippen molar-refractivity contribution in [2.45, 2.75) is 56.6 Å². The fourth-order valence-electron chi connectivity index (χ4n) is 3.47. The van der Waals surface area contributed by atoms with Crippen LogP contribution in [0, 0.1) is 0 Å². The smallest absolute Gasteiger partial charge is 0.243 e. The highest BCUT2D eigenvalue weighted by atomic mass is 32.2. The van der Waals surface area contributed by atoms with Gasteiger partial charge in [0.2, 0.25) is 15.9 Å². The van der Waals surface area contributed by atoms with Crippen LogP contribution in [-0.2, 0) is 14.8 Å². The summed E-state index contributed by atoms with van der Waals surface area (Å²) in [4.78, 5) is 13.1. The van der Waals surface area contributed by atoms with E-state index in [1.165, 1.54) is 4.31 Å². The van der Waals surface area contributed by atoms with Gasteiger partial charge in [0.1, 0.15) is 6.04 Å². The number of carbonyl (C=O) groups is 1. The SMILES string of the molecule is CCN(CC)S(=O)(=O)c1ccc([C@H](C)N[C@H](C(=O)NC2CC2)c2ccccc2)cc1. The van der Waals surface area contributed by atoms with E-state index >= 15 is 0 Å². The van der Waals surface area contributed by atoms with Gasteiger partial charge < -0.3 is 5.32 Å². The zero-order chi connectivity index (χ0) is 21.7. The van der Waals surface area contributed by atoms with Crippen LogP contribution in [0.1, 0.15) is 56.8 Å². The number of hydrogen-bond donors (Lipinski definition) is 2. The molecule has 1 saturated carbocycles. The maximum absolute atomic E-state index is 12.8. The van der Waals surface area contributed by atoms with Crippen LogP contribution < -0.4 is 10.6 Å². The van der Waals surface area contributed by atoms with Crippen molar-refractivity contribution in [2.24, 2.45) is 0 Å². The number of nitrogens with one attached hydrogen (secondary N) is 2. The maximum Gasteiger partial charge on any atom is 0.243 e. The standard InChI is InChI=1S/C23H31N3O3S/c1-4-26(5-2)30(28,29)21-15-11-18(12-16-21)17(3)24-22(19-9-7-6-8-10-19)23(27)25-20-13-14-20/h6-12,15-17,20,22,24H,4-5,13-14H2,1-3H3,(H,25,27)/t17-,22-/m0/s1. The van der Waals surface area contributed by atoms with Crippen molar-refractivity contribution in [2.75, 3.05) is 13.1 Å². The van der Waals surface area contributed by atoms with Gasteiger partial charge in [-0.15, -0.1) is 0 Å². The number of hydrogen-bond acceptors (Lipinski definition) is 4. The Morgan fingerprint density at radius 2 is 1.60 bits per heavy atom. The van der Waals surface area contributed by atoms with E-state index in [1.807, 2.05) is 63.2 Å². The molecule has 6 nitrogen and oxygen atoms in total. The summed E-state index contributed by atoms with van der Waals surface area (Å²) in [6.45, 7) is 6.52. The quantitative estimate of drug-likeness (QED) is 0.607. The Labute approximate surface area is 179 Å². The molecule has 0 bridgehead atoms. The minimum atomic E-state index is -3.48. The second-order valence-electron chi connectivity index (χ2n) is 7.67. The molecular weight excluding hydrogens is 398 g/mol. The molecule has 3 rings (SSSR count). The van der Waals surface area contributed by atoms with Gasteiger partial charge in [0, 0.05) is 25.2 Å². The van der Waals surface area contributed by atoms with Crippen molar-refractivity contribution in [3.63, 3.8) is 0 Å². The van der Waals surface area contributed by atoms with Gasteiger partial charge in [-0.1, -0.05) is 56.3 Å². The summed E-state index contributed by atoms with van der Waals surface area (Å²) >= 11 is 0. The third-order valence-corrected chi connectivity index (χ3v) is 7.52. The van der Waals surface area contributed by atoms with Gasteiger partial charge in [-0.05, 0) is 43.0 Å². The largest absolute Gasteiger partial charge is 0.352 e. The Kier molecular flexibility index (Phi) is 7.28. The van der Waals surface area contributed by atoms with E-state index < -0.39 is 16.1 Å². The molecule has 2 aromatic carbocycles. The van der Waals surface area contributed by atoms with Gasteiger partial charge in [0.15, 0.2) is 0 Å². The summed E-state index contributed by atoms with van der Waals surface area (Å²) in [5.74, 6) is -0.0312. The van der Waals surface area contributed by atoms with E-state index in [-0.39, 0.29) is 22.9 Å². The van der Waals surface area contributed by atoms with Gasteiger partial charge in [-0.2, -0.15) is 4.31 Å². The van der Waals surface area contributed by atoms with Crippen molar-refractivity contribution < 1.29 is 13.2 Å². The highest BCUT2D eigenvalue weighted by Crippen LogP contribution is 2.25. The van der Waals surface area contributed by atoms with Crippen molar-refractivity contribution >= 4 is 15.9 Å². The van der Waals surface area contributed by atoms with Gasteiger partial charge in [-0.25, -0.2) is 8.42 Å². The molecule has 0 saturated heterocycles. The van der Waals surface area contributed by atoms with Gasteiger partial charge >= 0.3 is 0 Å². The fraction of sp³-hybridized carbons (Fsp3) is 0.435. The molecule has 1 fully saturated rings. The molecule has 30 heavy (non-hydrogen) atoms. The molecule has 2 aromatic rings. The summed E-state index contributed by atoms with van der Waals surface area (Å²) in [6, 6.07) is 16.2. The second-order valence-corrected chi connectivity index (χ2v) is 9.61. The number of rotatable bonds is 10. The Balaban J connectivity index is 1.77. The second kappa shape index (κ2) is 9.73. The Morgan fingerprint density at radius 1 is 1.00 bits per heavy atom. The van der Waals surface area contributed by atoms with Crippen LogP contribution in [0.3, 0.4) is 0 Å². The topological polar surface area (TPSA) is 78.5 Å². The van der Waals surface area contributed by atoms with E-state index in [2.05, 4.69) is 10.6 Å². The Bertz CT molecular complexity index is 937. The lowest BCUT2D eigenvalue weighted by atomic mass is 10.0. The Hall–Kier alpha value is -2.22. The van der Waals surface area contributed by atoms with Crippen molar-refractivity contribution in [1.82, 2.24) is 14.9 Å². The fourth-order valence-corrected chi connectivity index (χ4v) is 4.93. The number of benzene rings is 2. The predicted molar refractivity (Wildman–Crippen MR) is 118 cm³/mol. The first-order chi connectivity index (χ1) is 14.4. The third kappa shape index (κ3) is 5.28. The molecule has 2 N–H and O–H groups in total. The van der Waals surface area contributed by atoms with Crippen LogP contribution in [-0.4, -0.2) is 37.8 Å². The molecule has 1 amide bonds. The average Bonchev–Trinajstić information content (AvgIpc) is 3.57. The van der Waals surface area contributed by atoms with Crippen molar-refractivity contribution in [3.05, 3.63) is 65.7 Å². The molecule has 0 radical (unpaired) electrons. The minimum Gasteiger partial charge on any atom is -0.352 e. The van der Waals surface area contributed by atoms with Crippen molar-refractivity contribution in [1.29, 1.82) is 0 Å². The van der Waals surface area contributed by atoms with Gasteiger partial charge in [0.25, 0.3) is 0 Å². The van der Waals surface area contributed by atoms with Gasteiger partial charge in [0.05, 0.1) is 4.90 Å². The van der Waals surface area contributed by atoms with E-state index in [1.54, 1.807) is 12.1 Å². The van der Waals surface area contributed by atoms with E-state index in [9.17, 15) is 13.2 Å².